The lowest BCUT2D eigenvalue weighted by atomic mass is 9.74. The zero-order valence-corrected chi connectivity index (χ0v) is 23.0. The average molecular weight is 524 g/mol. The van der Waals surface area contributed by atoms with Crippen LogP contribution in [0.2, 0.25) is 0 Å². The minimum Gasteiger partial charge on any atom is -0.309 e. The van der Waals surface area contributed by atoms with Crippen molar-refractivity contribution in [2.24, 2.45) is 0 Å². The van der Waals surface area contributed by atoms with Crippen molar-refractivity contribution >= 4 is 38.6 Å². The van der Waals surface area contributed by atoms with E-state index in [1.807, 2.05) is 0 Å². The molecular weight excluding hydrogens is 494 g/mol. The molecule has 7 aromatic rings. The van der Waals surface area contributed by atoms with Crippen molar-refractivity contribution in [2.45, 2.75) is 12.3 Å². The molecule has 0 radical (unpaired) electrons. The predicted molar refractivity (Wildman–Crippen MR) is 174 cm³/mol. The molecule has 1 nitrogen and oxygen atoms in total. The zero-order valence-electron chi connectivity index (χ0n) is 23.0. The molecule has 7 aromatic carbocycles. The maximum Gasteiger partial charge on any atom is 0.0543 e. The molecule has 0 spiro atoms. The van der Waals surface area contributed by atoms with E-state index in [2.05, 4.69) is 170 Å². The first kappa shape index (κ1) is 23.7. The van der Waals surface area contributed by atoms with Crippen LogP contribution in [0, 0.1) is 0 Å². The van der Waals surface area contributed by atoms with Gasteiger partial charge < -0.3 is 4.90 Å². The molecule has 1 atom stereocenters. The van der Waals surface area contributed by atoms with E-state index in [0.717, 1.165) is 0 Å². The summed E-state index contributed by atoms with van der Waals surface area (Å²) in [6.07, 6.45) is 0. The van der Waals surface area contributed by atoms with Crippen LogP contribution in [0.25, 0.3) is 32.7 Å². The summed E-state index contributed by atoms with van der Waals surface area (Å²) in [4.78, 5) is 2.50. The fraction of sp³-hybridized carbons (Fsp3) is 0.0500. The van der Waals surface area contributed by atoms with E-state index < -0.39 is 0 Å². The molecule has 0 saturated heterocycles. The molecule has 0 N–H and O–H groups in total. The minimum atomic E-state index is -0.258. The smallest absolute Gasteiger partial charge is 0.0543 e. The van der Waals surface area contributed by atoms with Gasteiger partial charge in [-0.3, -0.25) is 0 Å². The van der Waals surface area contributed by atoms with Crippen LogP contribution in [-0.2, 0) is 5.41 Å². The van der Waals surface area contributed by atoms with Gasteiger partial charge in [0.15, 0.2) is 0 Å². The van der Waals surface area contributed by atoms with Crippen LogP contribution in [0.4, 0.5) is 17.1 Å². The summed E-state index contributed by atoms with van der Waals surface area (Å²) in [5.41, 5.74) is 9.90. The van der Waals surface area contributed by atoms with Crippen molar-refractivity contribution in [3.05, 3.63) is 174 Å². The molecule has 1 aliphatic carbocycles. The molecule has 1 aliphatic rings. The zero-order chi connectivity index (χ0) is 27.4. The van der Waals surface area contributed by atoms with E-state index >= 15 is 0 Å². The first-order valence-corrected chi connectivity index (χ1v) is 14.3. The standard InChI is InChI=1S/C40H29N/c1-40(30-18-3-2-4-19-30)34-23-10-9-22-33(34)39-35(40)24-13-27-38(39)41(36-25-11-16-28-14-5-7-20-31(28)36)37-26-12-17-29-15-6-8-21-32(29)37/h2-27H,1H3. The largest absolute Gasteiger partial charge is 0.309 e. The number of rotatable bonds is 4. The molecule has 1 heteroatoms. The average Bonchev–Trinajstić information content (AvgIpc) is 3.31. The maximum absolute atomic E-state index is 2.50. The second kappa shape index (κ2) is 9.21. The Hall–Kier alpha value is -5.14. The molecule has 194 valence electrons. The summed E-state index contributed by atoms with van der Waals surface area (Å²) in [5.74, 6) is 0. The summed E-state index contributed by atoms with van der Waals surface area (Å²) in [7, 11) is 0. The van der Waals surface area contributed by atoms with Crippen LogP contribution < -0.4 is 4.90 Å². The summed E-state index contributed by atoms with van der Waals surface area (Å²) in [5, 5.41) is 4.94. The van der Waals surface area contributed by atoms with Crippen LogP contribution >= 0.6 is 0 Å². The first-order valence-electron chi connectivity index (χ1n) is 14.3. The van der Waals surface area contributed by atoms with E-state index in [1.54, 1.807) is 0 Å². The third kappa shape index (κ3) is 3.49. The molecular formula is C40H29N. The molecule has 0 amide bonds. The van der Waals surface area contributed by atoms with Gasteiger partial charge in [-0.1, -0.05) is 140 Å². The van der Waals surface area contributed by atoms with Gasteiger partial charge in [0.05, 0.1) is 17.1 Å². The molecule has 1 unspecified atom stereocenters. The van der Waals surface area contributed by atoms with E-state index in [4.69, 9.17) is 0 Å². The number of anilines is 3. The lowest BCUT2D eigenvalue weighted by Gasteiger charge is -2.31. The molecule has 0 aliphatic heterocycles. The SMILES string of the molecule is CC1(c2ccccc2)c2ccccc2-c2c(N(c3cccc4ccccc34)c3cccc4ccccc34)cccc21. The van der Waals surface area contributed by atoms with Crippen LogP contribution in [0.15, 0.2) is 158 Å². The Morgan fingerprint density at radius 3 is 1.59 bits per heavy atom. The highest BCUT2D eigenvalue weighted by Crippen LogP contribution is 2.57. The third-order valence-corrected chi connectivity index (χ3v) is 8.92. The highest BCUT2D eigenvalue weighted by molar-refractivity contribution is 6.07. The molecule has 0 aromatic heterocycles. The molecule has 8 rings (SSSR count). The maximum atomic E-state index is 2.50. The molecule has 41 heavy (non-hydrogen) atoms. The lowest BCUT2D eigenvalue weighted by Crippen LogP contribution is -2.22. The second-order valence-electron chi connectivity index (χ2n) is 11.1. The summed E-state index contributed by atoms with van der Waals surface area (Å²) in [6, 6.07) is 57.5. The van der Waals surface area contributed by atoms with Crippen LogP contribution in [0.5, 0.6) is 0 Å². The van der Waals surface area contributed by atoms with E-state index in [-0.39, 0.29) is 5.41 Å². The van der Waals surface area contributed by atoms with Gasteiger partial charge in [0.2, 0.25) is 0 Å². The third-order valence-electron chi connectivity index (χ3n) is 8.92. The van der Waals surface area contributed by atoms with Gasteiger partial charge in [-0.15, -0.1) is 0 Å². The Labute approximate surface area is 241 Å². The van der Waals surface area contributed by atoms with Gasteiger partial charge in [0, 0.05) is 21.8 Å². The quantitative estimate of drug-likeness (QED) is 0.222. The summed E-state index contributed by atoms with van der Waals surface area (Å²) in [6.45, 7) is 2.39. The van der Waals surface area contributed by atoms with Gasteiger partial charge >= 0.3 is 0 Å². The van der Waals surface area contributed by atoms with E-state index in [9.17, 15) is 0 Å². The predicted octanol–water partition coefficient (Wildman–Crippen LogP) is 10.8. The van der Waals surface area contributed by atoms with E-state index in [0.29, 0.717) is 0 Å². The fourth-order valence-electron chi connectivity index (χ4n) is 6.99. The van der Waals surface area contributed by atoms with Crippen molar-refractivity contribution in [1.82, 2.24) is 0 Å². The normalized spacial score (nSPS) is 15.5. The van der Waals surface area contributed by atoms with Crippen molar-refractivity contribution in [2.75, 3.05) is 4.90 Å². The number of hydrogen-bond donors (Lipinski definition) is 0. The van der Waals surface area contributed by atoms with Gasteiger partial charge in [0.1, 0.15) is 0 Å². The van der Waals surface area contributed by atoms with Crippen molar-refractivity contribution in [3.8, 4) is 11.1 Å². The molecule has 0 bridgehead atoms. The van der Waals surface area contributed by atoms with Crippen molar-refractivity contribution in [1.29, 1.82) is 0 Å². The van der Waals surface area contributed by atoms with Crippen LogP contribution in [0.1, 0.15) is 23.6 Å². The summed E-state index contributed by atoms with van der Waals surface area (Å²) >= 11 is 0. The number of fused-ring (bicyclic) bond motifs is 5. The van der Waals surface area contributed by atoms with Crippen molar-refractivity contribution < 1.29 is 0 Å². The molecule has 0 fully saturated rings. The van der Waals surface area contributed by atoms with Gasteiger partial charge in [-0.25, -0.2) is 0 Å². The van der Waals surface area contributed by atoms with Gasteiger partial charge in [-0.05, 0) is 58.1 Å². The Bertz CT molecular complexity index is 1980. The lowest BCUT2D eigenvalue weighted by molar-refractivity contribution is 0.714. The Balaban J connectivity index is 1.50. The van der Waals surface area contributed by atoms with Crippen LogP contribution in [0.3, 0.4) is 0 Å². The topological polar surface area (TPSA) is 3.24 Å². The molecule has 0 saturated carbocycles. The van der Waals surface area contributed by atoms with Gasteiger partial charge in [0.25, 0.3) is 0 Å². The highest BCUT2D eigenvalue weighted by Gasteiger charge is 2.42. The first-order chi connectivity index (χ1) is 20.2. The number of benzene rings is 7. The van der Waals surface area contributed by atoms with E-state index in [1.165, 1.54) is 66.4 Å². The Kier molecular flexibility index (Phi) is 5.33. The second-order valence-corrected chi connectivity index (χ2v) is 11.1. The number of hydrogen-bond acceptors (Lipinski definition) is 1. The highest BCUT2D eigenvalue weighted by atomic mass is 15.1. The Morgan fingerprint density at radius 2 is 0.902 bits per heavy atom. The van der Waals surface area contributed by atoms with Crippen molar-refractivity contribution in [3.63, 3.8) is 0 Å². The minimum absolute atomic E-state index is 0.258. The molecule has 0 heterocycles. The van der Waals surface area contributed by atoms with Gasteiger partial charge in [-0.2, -0.15) is 0 Å². The number of nitrogens with zero attached hydrogens (tertiary/aromatic N) is 1. The Morgan fingerprint density at radius 1 is 0.415 bits per heavy atom. The fourth-order valence-corrected chi connectivity index (χ4v) is 6.99. The monoisotopic (exact) mass is 523 g/mol. The van der Waals surface area contributed by atoms with Crippen LogP contribution in [-0.4, -0.2) is 0 Å². The summed E-state index contributed by atoms with van der Waals surface area (Å²) < 4.78 is 0.